The van der Waals surface area contributed by atoms with Crippen molar-refractivity contribution in [1.82, 2.24) is 10.1 Å². The predicted octanol–water partition coefficient (Wildman–Crippen LogP) is 1.17. The van der Waals surface area contributed by atoms with Crippen LogP contribution < -0.4 is 15.2 Å². The Hall–Kier alpha value is -3.03. The lowest BCUT2D eigenvalue weighted by Crippen LogP contribution is -2.57. The van der Waals surface area contributed by atoms with Gasteiger partial charge in [0.15, 0.2) is 0 Å². The molecule has 138 valence electrons. The van der Waals surface area contributed by atoms with Crippen LogP contribution in [0.1, 0.15) is 19.1 Å². The van der Waals surface area contributed by atoms with Crippen LogP contribution in [0.5, 0.6) is 5.75 Å². The quantitative estimate of drug-likeness (QED) is 0.865. The van der Waals surface area contributed by atoms with Crippen molar-refractivity contribution in [2.45, 2.75) is 25.8 Å². The Morgan fingerprint density at radius 3 is 2.62 bits per heavy atom. The second kappa shape index (κ2) is 7.47. The fraction of sp³-hybridized carbons (Fsp3) is 0.389. The van der Waals surface area contributed by atoms with Gasteiger partial charge in [0.2, 0.25) is 11.8 Å². The summed E-state index contributed by atoms with van der Waals surface area (Å²) in [5.41, 5.74) is 0.452. The lowest BCUT2D eigenvalue weighted by molar-refractivity contribution is -0.140. The zero-order chi connectivity index (χ0) is 18.7. The number of nitrogens with one attached hydrogen (secondary N) is 1. The number of hydrogen-bond acceptors (Lipinski definition) is 5. The van der Waals surface area contributed by atoms with Gasteiger partial charge in [0.05, 0.1) is 7.11 Å². The number of H-pyrrole nitrogens is 1. The first kappa shape index (κ1) is 17.8. The summed E-state index contributed by atoms with van der Waals surface area (Å²) in [6.07, 6.45) is 0.498. The van der Waals surface area contributed by atoms with Gasteiger partial charge in [-0.1, -0.05) is 0 Å². The van der Waals surface area contributed by atoms with E-state index in [4.69, 9.17) is 9.26 Å². The molecule has 0 spiro atoms. The van der Waals surface area contributed by atoms with Crippen LogP contribution in [-0.2, 0) is 16.0 Å². The number of carbonyl (C=O) groups is 2. The highest BCUT2D eigenvalue weighted by molar-refractivity contribution is 6.00. The summed E-state index contributed by atoms with van der Waals surface area (Å²) in [4.78, 5) is 39.5. The minimum Gasteiger partial charge on any atom is -0.497 e. The highest BCUT2D eigenvalue weighted by Gasteiger charge is 2.34. The molecular formula is C18H21N3O5. The molecule has 1 saturated heterocycles. The summed E-state index contributed by atoms with van der Waals surface area (Å²) in [5, 5.41) is 2.19. The first-order valence-electron chi connectivity index (χ1n) is 8.42. The number of benzene rings is 1. The van der Waals surface area contributed by atoms with Gasteiger partial charge in [-0.3, -0.25) is 14.4 Å². The van der Waals surface area contributed by atoms with E-state index < -0.39 is 6.04 Å². The predicted molar refractivity (Wildman–Crippen MR) is 94.2 cm³/mol. The summed E-state index contributed by atoms with van der Waals surface area (Å²) < 4.78 is 10.1. The third-order valence-corrected chi connectivity index (χ3v) is 4.52. The second-order valence-corrected chi connectivity index (χ2v) is 6.13. The Morgan fingerprint density at radius 1 is 1.27 bits per heavy atom. The summed E-state index contributed by atoms with van der Waals surface area (Å²) in [6.45, 7) is 2.61. The number of ether oxygens (including phenoxy) is 1. The third-order valence-electron chi connectivity index (χ3n) is 4.52. The van der Waals surface area contributed by atoms with Crippen molar-refractivity contribution in [1.29, 1.82) is 0 Å². The molecule has 1 aliphatic heterocycles. The lowest BCUT2D eigenvalue weighted by Gasteiger charge is -2.39. The number of anilines is 1. The van der Waals surface area contributed by atoms with Crippen molar-refractivity contribution < 1.29 is 18.8 Å². The Kier molecular flexibility index (Phi) is 5.11. The maximum Gasteiger partial charge on any atom is 0.280 e. The van der Waals surface area contributed by atoms with Gasteiger partial charge in [-0.15, -0.1) is 0 Å². The molecule has 1 atom stereocenters. The fourth-order valence-electron chi connectivity index (χ4n) is 3.05. The molecule has 1 fully saturated rings. The molecule has 3 rings (SSSR count). The molecule has 2 heterocycles. The molecule has 8 heteroatoms. The molecule has 1 N–H and O–H groups in total. The molecule has 8 nitrogen and oxygen atoms in total. The lowest BCUT2D eigenvalue weighted by atomic mass is 10.1. The van der Waals surface area contributed by atoms with Crippen molar-refractivity contribution in [2.24, 2.45) is 0 Å². The van der Waals surface area contributed by atoms with Crippen LogP contribution in [0.3, 0.4) is 0 Å². The van der Waals surface area contributed by atoms with Crippen LogP contribution in [0, 0.1) is 0 Å². The van der Waals surface area contributed by atoms with Crippen molar-refractivity contribution in [3.05, 3.63) is 46.4 Å². The topological polar surface area (TPSA) is 95.8 Å². The summed E-state index contributed by atoms with van der Waals surface area (Å²) in [5.74, 6) is 0.894. The van der Waals surface area contributed by atoms with Crippen molar-refractivity contribution in [2.75, 3.05) is 25.1 Å². The monoisotopic (exact) mass is 359 g/mol. The highest BCUT2D eigenvalue weighted by Crippen LogP contribution is 2.23. The van der Waals surface area contributed by atoms with E-state index in [-0.39, 0.29) is 23.8 Å². The van der Waals surface area contributed by atoms with Gasteiger partial charge in [0.1, 0.15) is 17.6 Å². The van der Waals surface area contributed by atoms with E-state index in [9.17, 15) is 14.4 Å². The molecule has 2 aromatic rings. The van der Waals surface area contributed by atoms with E-state index in [1.54, 1.807) is 36.0 Å². The van der Waals surface area contributed by atoms with Crippen LogP contribution in [-0.4, -0.2) is 48.1 Å². The maximum atomic E-state index is 12.7. The molecule has 0 radical (unpaired) electrons. The van der Waals surface area contributed by atoms with Crippen molar-refractivity contribution >= 4 is 17.5 Å². The molecule has 1 aromatic carbocycles. The van der Waals surface area contributed by atoms with Gasteiger partial charge in [0.25, 0.3) is 5.56 Å². The zero-order valence-corrected chi connectivity index (χ0v) is 14.7. The standard InChI is InChI=1S/C18H21N3O5/c1-12-18(24)21(13-3-5-14(25-2)6-4-13)10-9-20(12)17(23)8-7-15-11-16(22)19-26-15/h3-6,11-12H,7-10H2,1-2H3,(H,19,22)/t12-/m0/s1. The Morgan fingerprint density at radius 2 is 2.00 bits per heavy atom. The van der Waals surface area contributed by atoms with E-state index in [0.29, 0.717) is 25.3 Å². The van der Waals surface area contributed by atoms with Gasteiger partial charge in [-0.05, 0) is 31.2 Å². The molecule has 0 bridgehead atoms. The number of rotatable bonds is 5. The SMILES string of the molecule is COc1ccc(N2CCN(C(=O)CCc3cc(=O)[nH]o3)[C@@H](C)C2=O)cc1. The number of aromatic amines is 1. The first-order chi connectivity index (χ1) is 12.5. The minimum atomic E-state index is -0.545. The summed E-state index contributed by atoms with van der Waals surface area (Å²) in [7, 11) is 1.59. The molecule has 26 heavy (non-hydrogen) atoms. The van der Waals surface area contributed by atoms with Gasteiger partial charge in [-0.2, -0.15) is 5.16 Å². The number of nitrogens with zero attached hydrogens (tertiary/aromatic N) is 2. The molecule has 0 unspecified atom stereocenters. The molecule has 1 aromatic heterocycles. The number of hydrogen-bond donors (Lipinski definition) is 1. The Labute approximate surface area is 150 Å². The Bertz CT molecular complexity index is 839. The smallest absolute Gasteiger partial charge is 0.280 e. The second-order valence-electron chi connectivity index (χ2n) is 6.13. The summed E-state index contributed by atoms with van der Waals surface area (Å²) in [6, 6.07) is 8.04. The first-order valence-corrected chi connectivity index (χ1v) is 8.42. The van der Waals surface area contributed by atoms with Gasteiger partial charge in [0, 0.05) is 37.7 Å². The number of methoxy groups -OCH3 is 1. The fourth-order valence-corrected chi connectivity index (χ4v) is 3.05. The largest absolute Gasteiger partial charge is 0.497 e. The highest BCUT2D eigenvalue weighted by atomic mass is 16.5. The summed E-state index contributed by atoms with van der Waals surface area (Å²) >= 11 is 0. The number of amides is 2. The van der Waals surface area contributed by atoms with E-state index >= 15 is 0 Å². The minimum absolute atomic E-state index is 0.122. The van der Waals surface area contributed by atoms with Crippen LogP contribution >= 0.6 is 0 Å². The molecular weight excluding hydrogens is 338 g/mol. The van der Waals surface area contributed by atoms with Crippen molar-refractivity contribution in [3.63, 3.8) is 0 Å². The average molecular weight is 359 g/mol. The number of carbonyl (C=O) groups excluding carboxylic acids is 2. The van der Waals surface area contributed by atoms with E-state index in [0.717, 1.165) is 11.4 Å². The number of piperazine rings is 1. The van der Waals surface area contributed by atoms with Crippen LogP contribution in [0.15, 0.2) is 39.6 Å². The van der Waals surface area contributed by atoms with E-state index in [1.165, 1.54) is 6.07 Å². The third kappa shape index (κ3) is 3.63. The molecule has 0 saturated carbocycles. The van der Waals surface area contributed by atoms with Gasteiger partial charge >= 0.3 is 0 Å². The zero-order valence-electron chi connectivity index (χ0n) is 14.7. The van der Waals surface area contributed by atoms with Crippen molar-refractivity contribution in [3.8, 4) is 5.75 Å². The Balaban J connectivity index is 1.62. The molecule has 2 amide bonds. The maximum absolute atomic E-state index is 12.7. The van der Waals surface area contributed by atoms with Crippen LogP contribution in [0.4, 0.5) is 5.69 Å². The van der Waals surface area contributed by atoms with E-state index in [2.05, 4.69) is 5.16 Å². The molecule has 0 aliphatic carbocycles. The van der Waals surface area contributed by atoms with Crippen LogP contribution in [0.25, 0.3) is 0 Å². The van der Waals surface area contributed by atoms with E-state index in [1.807, 2.05) is 12.1 Å². The van der Waals surface area contributed by atoms with Gasteiger partial charge < -0.3 is 19.1 Å². The number of aromatic nitrogens is 1. The number of aryl methyl sites for hydroxylation is 1. The normalized spacial score (nSPS) is 17.5. The van der Waals surface area contributed by atoms with Gasteiger partial charge in [-0.25, -0.2) is 0 Å². The van der Waals surface area contributed by atoms with Crippen LogP contribution in [0.2, 0.25) is 0 Å². The average Bonchev–Trinajstić information content (AvgIpc) is 3.07. The molecule has 1 aliphatic rings.